The van der Waals surface area contributed by atoms with Gasteiger partial charge in [-0.25, -0.2) is 9.98 Å². The standard InChI is InChI=1S/C22H25N3O3S/c1-5-11-28-21(27)16-14(4)23-19-18(17(16)15-10-8-7-9-13(15)3)20(26)25-22(24-19)29-12-6-2/h5,7-10,16-17H,1,6,11-12H2,2-4H3,(H,24,25,26). The number of nitrogens with one attached hydrogen (secondary N) is 1. The molecule has 0 fully saturated rings. The summed E-state index contributed by atoms with van der Waals surface area (Å²) in [6.07, 6.45) is 2.49. The van der Waals surface area contributed by atoms with Crippen molar-refractivity contribution in [2.24, 2.45) is 10.9 Å². The fourth-order valence-corrected chi connectivity index (χ4v) is 4.25. The van der Waals surface area contributed by atoms with Gasteiger partial charge in [0.15, 0.2) is 11.0 Å². The molecule has 0 spiro atoms. The summed E-state index contributed by atoms with van der Waals surface area (Å²) in [4.78, 5) is 38.0. The number of aromatic nitrogens is 2. The zero-order chi connectivity index (χ0) is 21.0. The maximum absolute atomic E-state index is 13.1. The molecule has 0 saturated heterocycles. The van der Waals surface area contributed by atoms with Gasteiger partial charge in [0.05, 0.1) is 5.56 Å². The molecule has 2 atom stereocenters. The third kappa shape index (κ3) is 4.34. The van der Waals surface area contributed by atoms with E-state index in [0.29, 0.717) is 22.2 Å². The molecule has 0 saturated carbocycles. The molecule has 1 aliphatic heterocycles. The van der Waals surface area contributed by atoms with Crippen LogP contribution >= 0.6 is 11.8 Å². The molecule has 1 aromatic heterocycles. The van der Waals surface area contributed by atoms with Crippen LogP contribution in [-0.4, -0.2) is 34.0 Å². The van der Waals surface area contributed by atoms with Gasteiger partial charge < -0.3 is 9.72 Å². The smallest absolute Gasteiger partial charge is 0.315 e. The number of nitrogens with zero attached hydrogens (tertiary/aromatic N) is 2. The van der Waals surface area contributed by atoms with Gasteiger partial charge in [0.1, 0.15) is 12.5 Å². The van der Waals surface area contributed by atoms with Crippen molar-refractivity contribution in [2.75, 3.05) is 12.4 Å². The van der Waals surface area contributed by atoms with Crippen molar-refractivity contribution in [3.05, 3.63) is 64.0 Å². The van der Waals surface area contributed by atoms with Gasteiger partial charge in [0.25, 0.3) is 5.56 Å². The molecule has 1 aliphatic rings. The van der Waals surface area contributed by atoms with Crippen LogP contribution in [0.5, 0.6) is 0 Å². The lowest BCUT2D eigenvalue weighted by Crippen LogP contribution is -2.37. The summed E-state index contributed by atoms with van der Waals surface area (Å²) in [5.74, 6) is -0.398. The second kappa shape index (κ2) is 9.22. The van der Waals surface area contributed by atoms with Crippen LogP contribution in [0.3, 0.4) is 0 Å². The maximum atomic E-state index is 13.1. The molecule has 6 nitrogen and oxygen atoms in total. The van der Waals surface area contributed by atoms with Crippen LogP contribution in [0.25, 0.3) is 0 Å². The van der Waals surface area contributed by atoms with Crippen LogP contribution < -0.4 is 5.56 Å². The van der Waals surface area contributed by atoms with E-state index in [9.17, 15) is 9.59 Å². The first-order valence-electron chi connectivity index (χ1n) is 9.63. The zero-order valence-corrected chi connectivity index (χ0v) is 17.7. The van der Waals surface area contributed by atoms with Crippen molar-refractivity contribution in [1.29, 1.82) is 0 Å². The minimum absolute atomic E-state index is 0.108. The van der Waals surface area contributed by atoms with Crippen molar-refractivity contribution in [2.45, 2.75) is 38.3 Å². The summed E-state index contributed by atoms with van der Waals surface area (Å²) < 4.78 is 5.35. The van der Waals surface area contributed by atoms with Crippen molar-refractivity contribution in [1.82, 2.24) is 9.97 Å². The quantitative estimate of drug-likeness (QED) is 0.320. The van der Waals surface area contributed by atoms with E-state index in [2.05, 4.69) is 28.5 Å². The lowest BCUT2D eigenvalue weighted by atomic mass is 9.76. The summed E-state index contributed by atoms with van der Waals surface area (Å²) in [5.41, 5.74) is 2.61. The molecular formula is C22H25N3O3S. The highest BCUT2D eigenvalue weighted by atomic mass is 32.2. The number of rotatable bonds is 7. The number of hydrogen-bond acceptors (Lipinski definition) is 6. The number of thioether (sulfide) groups is 1. The molecule has 0 aliphatic carbocycles. The second-order valence-corrected chi connectivity index (χ2v) is 8.02. The Bertz CT molecular complexity index is 1010. The number of benzene rings is 1. The number of carbonyl (C=O) groups excluding carboxylic acids is 1. The topological polar surface area (TPSA) is 84.4 Å². The van der Waals surface area contributed by atoms with Gasteiger partial charge in [-0.15, -0.1) is 0 Å². The Morgan fingerprint density at radius 3 is 2.79 bits per heavy atom. The number of esters is 1. The molecule has 2 heterocycles. The summed E-state index contributed by atoms with van der Waals surface area (Å²) in [7, 11) is 0. The minimum atomic E-state index is -0.694. The minimum Gasteiger partial charge on any atom is -0.461 e. The Hall–Kier alpha value is -2.67. The van der Waals surface area contributed by atoms with E-state index < -0.39 is 17.8 Å². The Morgan fingerprint density at radius 1 is 1.34 bits per heavy atom. The average molecular weight is 412 g/mol. The monoisotopic (exact) mass is 411 g/mol. The predicted octanol–water partition coefficient (Wildman–Crippen LogP) is 4.16. The lowest BCUT2D eigenvalue weighted by Gasteiger charge is -2.30. The largest absolute Gasteiger partial charge is 0.461 e. The highest BCUT2D eigenvalue weighted by Crippen LogP contribution is 2.41. The number of aromatic amines is 1. The molecule has 152 valence electrons. The first-order chi connectivity index (χ1) is 14.0. The van der Waals surface area contributed by atoms with Gasteiger partial charge in [-0.1, -0.05) is 55.6 Å². The van der Waals surface area contributed by atoms with Crippen LogP contribution in [-0.2, 0) is 9.53 Å². The molecule has 1 aromatic carbocycles. The molecule has 0 amide bonds. The van der Waals surface area contributed by atoms with Crippen molar-refractivity contribution < 1.29 is 9.53 Å². The molecular weight excluding hydrogens is 386 g/mol. The van der Waals surface area contributed by atoms with E-state index >= 15 is 0 Å². The first-order valence-corrected chi connectivity index (χ1v) is 10.6. The Labute approximate surface area is 174 Å². The normalized spacial score (nSPS) is 18.0. The fraction of sp³-hybridized carbons (Fsp3) is 0.364. The van der Waals surface area contributed by atoms with E-state index in [0.717, 1.165) is 23.3 Å². The Balaban J connectivity index is 2.18. The third-order valence-electron chi connectivity index (χ3n) is 4.85. The number of aryl methyl sites for hydroxylation is 1. The molecule has 2 aromatic rings. The van der Waals surface area contributed by atoms with E-state index in [-0.39, 0.29) is 12.2 Å². The van der Waals surface area contributed by atoms with Gasteiger partial charge in [0.2, 0.25) is 0 Å². The predicted molar refractivity (Wildman–Crippen MR) is 116 cm³/mol. The van der Waals surface area contributed by atoms with Gasteiger partial charge in [0, 0.05) is 17.4 Å². The summed E-state index contributed by atoms with van der Waals surface area (Å²) in [5, 5.41) is 0.545. The number of fused-ring (bicyclic) bond motifs is 1. The van der Waals surface area contributed by atoms with Crippen molar-refractivity contribution >= 4 is 29.3 Å². The molecule has 3 rings (SSSR count). The van der Waals surface area contributed by atoms with Gasteiger partial charge in [-0.05, 0) is 31.4 Å². The molecule has 7 heteroatoms. The lowest BCUT2D eigenvalue weighted by molar-refractivity contribution is -0.145. The van der Waals surface area contributed by atoms with Crippen molar-refractivity contribution in [3.63, 3.8) is 0 Å². The number of ether oxygens (including phenoxy) is 1. The van der Waals surface area contributed by atoms with E-state index in [1.807, 2.05) is 31.2 Å². The van der Waals surface area contributed by atoms with Gasteiger partial charge in [-0.3, -0.25) is 9.59 Å². The Kier molecular flexibility index (Phi) is 6.69. The number of H-pyrrole nitrogens is 1. The summed E-state index contributed by atoms with van der Waals surface area (Å²) in [6, 6.07) is 7.74. The van der Waals surface area contributed by atoms with Crippen LogP contribution in [0.1, 0.15) is 42.9 Å². The zero-order valence-electron chi connectivity index (χ0n) is 16.9. The van der Waals surface area contributed by atoms with Gasteiger partial charge >= 0.3 is 5.97 Å². The Morgan fingerprint density at radius 2 is 2.10 bits per heavy atom. The fourth-order valence-electron chi connectivity index (χ4n) is 3.54. The van der Waals surface area contributed by atoms with Crippen molar-refractivity contribution in [3.8, 4) is 0 Å². The van der Waals surface area contributed by atoms with Crippen LogP contribution in [0.4, 0.5) is 5.82 Å². The first kappa shape index (κ1) is 21.0. The van der Waals surface area contributed by atoms with Crippen LogP contribution in [0.2, 0.25) is 0 Å². The molecule has 1 N–H and O–H groups in total. The SMILES string of the molecule is C=CCOC(=O)C1C(C)=Nc2nc(SCCC)[nH]c(=O)c2C1c1ccccc1C. The summed E-state index contributed by atoms with van der Waals surface area (Å²) in [6.45, 7) is 9.53. The number of carbonyl (C=O) groups is 1. The summed E-state index contributed by atoms with van der Waals surface area (Å²) >= 11 is 1.49. The highest BCUT2D eigenvalue weighted by Gasteiger charge is 2.41. The number of hydrogen-bond donors (Lipinski definition) is 1. The highest BCUT2D eigenvalue weighted by molar-refractivity contribution is 7.99. The van der Waals surface area contributed by atoms with E-state index in [4.69, 9.17) is 4.74 Å². The van der Waals surface area contributed by atoms with Crippen LogP contribution in [0, 0.1) is 12.8 Å². The average Bonchev–Trinajstić information content (AvgIpc) is 2.69. The molecule has 0 radical (unpaired) electrons. The van der Waals surface area contributed by atoms with E-state index in [1.54, 1.807) is 6.92 Å². The molecule has 2 unspecified atom stereocenters. The second-order valence-electron chi connectivity index (χ2n) is 6.94. The molecule has 29 heavy (non-hydrogen) atoms. The van der Waals surface area contributed by atoms with Crippen LogP contribution in [0.15, 0.2) is 51.9 Å². The maximum Gasteiger partial charge on any atom is 0.315 e. The van der Waals surface area contributed by atoms with Gasteiger partial charge in [-0.2, -0.15) is 0 Å². The van der Waals surface area contributed by atoms with E-state index in [1.165, 1.54) is 17.8 Å². The number of aliphatic imine (C=N–C) groups is 1. The third-order valence-corrected chi connectivity index (χ3v) is 5.93. The molecule has 0 bridgehead atoms.